The summed E-state index contributed by atoms with van der Waals surface area (Å²) in [5, 5.41) is 12.3. The molecule has 3 aromatic carbocycles. The first-order chi connectivity index (χ1) is 16.5. The second-order valence-electron chi connectivity index (χ2n) is 9.36. The van der Waals surface area contributed by atoms with Gasteiger partial charge in [-0.15, -0.1) is 10.2 Å². The molecule has 0 unspecified atom stereocenters. The van der Waals surface area contributed by atoms with Gasteiger partial charge in [-0.1, -0.05) is 93.6 Å². The molecule has 0 radical (unpaired) electrons. The molecule has 0 aliphatic carbocycles. The number of nitrogens with one attached hydrogen (secondary N) is 1. The molecule has 0 saturated heterocycles. The Morgan fingerprint density at radius 3 is 2.03 bits per heavy atom. The van der Waals surface area contributed by atoms with Gasteiger partial charge in [0.25, 0.3) is 0 Å². The van der Waals surface area contributed by atoms with Crippen LogP contribution in [0.15, 0.2) is 89.9 Å². The van der Waals surface area contributed by atoms with Crippen molar-refractivity contribution in [3.63, 3.8) is 0 Å². The van der Waals surface area contributed by atoms with Crippen molar-refractivity contribution in [2.75, 3.05) is 11.9 Å². The summed E-state index contributed by atoms with van der Waals surface area (Å²) in [6.45, 7) is 7.11. The molecule has 1 aromatic heterocycles. The highest BCUT2D eigenvalue weighted by Gasteiger charge is 2.31. The number of ether oxygens (including phenoxy) is 1. The lowest BCUT2D eigenvalue weighted by Gasteiger charge is -2.21. The van der Waals surface area contributed by atoms with Crippen molar-refractivity contribution in [2.45, 2.75) is 26.8 Å². The second-order valence-corrected chi connectivity index (χ2v) is 9.36. The van der Waals surface area contributed by atoms with Crippen molar-refractivity contribution in [3.8, 4) is 22.5 Å². The summed E-state index contributed by atoms with van der Waals surface area (Å²) >= 11 is 0. The van der Waals surface area contributed by atoms with Gasteiger partial charge in [-0.2, -0.15) is 0 Å². The molecule has 0 bridgehead atoms. The molecule has 1 atom stereocenters. The van der Waals surface area contributed by atoms with Gasteiger partial charge in [0, 0.05) is 11.1 Å². The van der Waals surface area contributed by atoms with Crippen LogP contribution in [0.4, 0.5) is 11.6 Å². The van der Waals surface area contributed by atoms with Crippen LogP contribution in [0.25, 0.3) is 22.5 Å². The molecule has 170 valence electrons. The van der Waals surface area contributed by atoms with E-state index < -0.39 is 0 Å². The third-order valence-electron chi connectivity index (χ3n) is 5.84. The van der Waals surface area contributed by atoms with Crippen LogP contribution in [0.2, 0.25) is 0 Å². The van der Waals surface area contributed by atoms with Gasteiger partial charge in [0.1, 0.15) is 18.0 Å². The number of hydrogen-bond acceptors (Lipinski definition) is 6. The Hall–Kier alpha value is -4.06. The van der Waals surface area contributed by atoms with Gasteiger partial charge in [-0.25, -0.2) is 9.98 Å². The lowest BCUT2D eigenvalue weighted by molar-refractivity contribution is 0.236. The Labute approximate surface area is 199 Å². The molecule has 1 aliphatic rings. The van der Waals surface area contributed by atoms with Gasteiger partial charge in [0.15, 0.2) is 0 Å². The zero-order valence-electron chi connectivity index (χ0n) is 19.6. The van der Waals surface area contributed by atoms with E-state index in [1.54, 1.807) is 0 Å². The van der Waals surface area contributed by atoms with Crippen LogP contribution < -0.4 is 5.32 Å². The average molecular weight is 450 g/mol. The predicted molar refractivity (Wildman–Crippen MR) is 136 cm³/mol. The molecule has 1 N–H and O–H groups in total. The van der Waals surface area contributed by atoms with Crippen molar-refractivity contribution in [2.24, 2.45) is 10.4 Å². The minimum atomic E-state index is 0.0367. The summed E-state index contributed by atoms with van der Waals surface area (Å²) < 4.78 is 5.98. The van der Waals surface area contributed by atoms with E-state index in [1.165, 1.54) is 0 Å². The monoisotopic (exact) mass is 449 g/mol. The maximum atomic E-state index is 5.98. The zero-order chi connectivity index (χ0) is 23.5. The molecule has 4 aromatic rings. The molecular formula is C28H27N5O. The number of rotatable bonds is 5. The molecule has 6 heteroatoms. The van der Waals surface area contributed by atoms with E-state index >= 15 is 0 Å². The normalized spacial score (nSPS) is 15.5. The van der Waals surface area contributed by atoms with Crippen molar-refractivity contribution in [1.29, 1.82) is 0 Å². The van der Waals surface area contributed by atoms with Crippen LogP contribution >= 0.6 is 0 Å². The quantitative estimate of drug-likeness (QED) is 0.396. The van der Waals surface area contributed by atoms with Crippen LogP contribution in [-0.4, -0.2) is 33.7 Å². The van der Waals surface area contributed by atoms with E-state index in [-0.39, 0.29) is 11.5 Å². The van der Waals surface area contributed by atoms with Gasteiger partial charge >= 0.3 is 0 Å². The molecular weight excluding hydrogens is 422 g/mol. The first-order valence-electron chi connectivity index (χ1n) is 11.4. The van der Waals surface area contributed by atoms with Crippen molar-refractivity contribution >= 4 is 17.5 Å². The summed E-state index contributed by atoms with van der Waals surface area (Å²) in [6.07, 6.45) is 0. The molecule has 0 fully saturated rings. The summed E-state index contributed by atoms with van der Waals surface area (Å²) in [6, 6.07) is 28.1. The Balaban J connectivity index is 1.52. The number of nitrogens with zero attached hydrogens (tertiary/aromatic N) is 4. The van der Waals surface area contributed by atoms with Crippen LogP contribution in [0.5, 0.6) is 0 Å². The van der Waals surface area contributed by atoms with E-state index in [2.05, 4.69) is 36.3 Å². The van der Waals surface area contributed by atoms with E-state index in [4.69, 9.17) is 14.7 Å². The Bertz CT molecular complexity index is 1310. The summed E-state index contributed by atoms with van der Waals surface area (Å²) in [4.78, 5) is 9.72. The number of benzene rings is 3. The number of aliphatic imine (C=N–C) groups is 1. The maximum Gasteiger partial charge on any atom is 0.247 e. The van der Waals surface area contributed by atoms with Crippen LogP contribution in [-0.2, 0) is 4.74 Å². The topological polar surface area (TPSA) is 72.3 Å². The summed E-state index contributed by atoms with van der Waals surface area (Å²) in [5.74, 6) is 1.05. The fraction of sp³-hybridized carbons (Fsp3) is 0.214. The third-order valence-corrected chi connectivity index (χ3v) is 5.84. The number of aromatic nitrogens is 3. The first-order valence-corrected chi connectivity index (χ1v) is 11.4. The average Bonchev–Trinajstić information content (AvgIpc) is 3.36. The van der Waals surface area contributed by atoms with Crippen molar-refractivity contribution < 1.29 is 4.74 Å². The lowest BCUT2D eigenvalue weighted by Crippen LogP contribution is -2.25. The molecule has 2 heterocycles. The van der Waals surface area contributed by atoms with Gasteiger partial charge in [-0.3, -0.25) is 0 Å². The third kappa shape index (κ3) is 4.53. The summed E-state index contributed by atoms with van der Waals surface area (Å²) in [5.41, 5.74) is 5.19. The smallest absolute Gasteiger partial charge is 0.247 e. The van der Waals surface area contributed by atoms with E-state index in [9.17, 15) is 0 Å². The fourth-order valence-electron chi connectivity index (χ4n) is 3.83. The molecule has 0 saturated carbocycles. The predicted octanol–water partition coefficient (Wildman–Crippen LogP) is 6.14. The minimum Gasteiger partial charge on any atom is -0.475 e. The molecule has 1 aliphatic heterocycles. The largest absolute Gasteiger partial charge is 0.475 e. The van der Waals surface area contributed by atoms with E-state index in [0.717, 1.165) is 33.8 Å². The highest BCUT2D eigenvalue weighted by molar-refractivity contribution is 6.01. The Kier molecular flexibility index (Phi) is 5.80. The summed E-state index contributed by atoms with van der Waals surface area (Å²) in [7, 11) is 0. The maximum absolute atomic E-state index is 5.98. The highest BCUT2D eigenvalue weighted by atomic mass is 16.5. The fourth-order valence-corrected chi connectivity index (χ4v) is 3.83. The highest BCUT2D eigenvalue weighted by Crippen LogP contribution is 2.31. The SMILES string of the molecule is CC(C)(C)[C@H]1COC(c2ccccc2Nc2nnc(-c3ccccc3)c(-c3ccccc3)n2)=N1. The standard InChI is InChI=1S/C28H27N5O/c1-28(2,3)23-18-34-26(30-23)21-16-10-11-17-22(21)29-27-31-24(19-12-6-4-7-13-19)25(32-33-27)20-14-8-5-9-15-20/h4-17,23H,18H2,1-3H3,(H,29,31,33)/t23-/m1/s1. The number of para-hydroxylation sites is 1. The van der Waals surface area contributed by atoms with Crippen molar-refractivity contribution in [1.82, 2.24) is 15.2 Å². The molecule has 0 spiro atoms. The van der Waals surface area contributed by atoms with E-state index in [1.807, 2.05) is 84.9 Å². The molecule has 5 rings (SSSR count). The van der Waals surface area contributed by atoms with E-state index in [0.29, 0.717) is 18.5 Å². The first kappa shape index (κ1) is 21.8. The Morgan fingerprint density at radius 2 is 1.38 bits per heavy atom. The van der Waals surface area contributed by atoms with Gasteiger partial charge in [0.05, 0.1) is 17.3 Å². The second kappa shape index (κ2) is 9.06. The number of anilines is 2. The minimum absolute atomic E-state index is 0.0367. The lowest BCUT2D eigenvalue weighted by atomic mass is 9.88. The number of hydrogen-bond donors (Lipinski definition) is 1. The Morgan fingerprint density at radius 1 is 0.765 bits per heavy atom. The van der Waals surface area contributed by atoms with Gasteiger partial charge in [-0.05, 0) is 17.5 Å². The van der Waals surface area contributed by atoms with Gasteiger partial charge < -0.3 is 10.1 Å². The van der Waals surface area contributed by atoms with Gasteiger partial charge in [0.2, 0.25) is 11.8 Å². The zero-order valence-corrected chi connectivity index (χ0v) is 19.6. The van der Waals surface area contributed by atoms with Crippen LogP contribution in [0, 0.1) is 5.41 Å². The van der Waals surface area contributed by atoms with Crippen LogP contribution in [0.1, 0.15) is 26.3 Å². The van der Waals surface area contributed by atoms with Crippen molar-refractivity contribution in [3.05, 3.63) is 90.5 Å². The molecule has 6 nitrogen and oxygen atoms in total. The molecule has 34 heavy (non-hydrogen) atoms. The van der Waals surface area contributed by atoms with Crippen LogP contribution in [0.3, 0.4) is 0 Å². The molecule has 0 amide bonds.